The Balaban J connectivity index is 1.83. The van der Waals surface area contributed by atoms with Gasteiger partial charge in [-0.15, -0.1) is 0 Å². The molecule has 1 unspecified atom stereocenters. The molecule has 0 radical (unpaired) electrons. The van der Waals surface area contributed by atoms with Gasteiger partial charge in [0.05, 0.1) is 32.0 Å². The quantitative estimate of drug-likeness (QED) is 0.532. The standard InChI is InChI=1S/C27H26BrNO7/c1-16-8-19(18-6-4-17(14-30)5-7-18)9-21(26(31)33-2)22(27(32)34-3)13-29(16)12-20-10-24-25(11-23(20)28)36-15-35-24/h4-11,13,16,30H,12,14-15H2,1-3H3. The lowest BCUT2D eigenvalue weighted by molar-refractivity contribution is -0.139. The Labute approximate surface area is 217 Å². The Morgan fingerprint density at radius 3 is 2.33 bits per heavy atom. The minimum Gasteiger partial charge on any atom is -0.465 e. The molecule has 1 atom stereocenters. The van der Waals surface area contributed by atoms with Gasteiger partial charge in [0, 0.05) is 23.3 Å². The van der Waals surface area contributed by atoms with E-state index in [1.807, 2.05) is 54.3 Å². The Bertz CT molecular complexity index is 1260. The molecule has 0 aliphatic carbocycles. The highest BCUT2D eigenvalue weighted by Crippen LogP contribution is 2.38. The molecule has 0 aromatic heterocycles. The molecule has 4 rings (SSSR count). The van der Waals surface area contributed by atoms with Crippen LogP contribution in [-0.4, -0.2) is 49.0 Å². The summed E-state index contributed by atoms with van der Waals surface area (Å²) in [6.07, 6.45) is 5.26. The van der Waals surface area contributed by atoms with Crippen LogP contribution in [0.2, 0.25) is 0 Å². The molecule has 2 aliphatic rings. The summed E-state index contributed by atoms with van der Waals surface area (Å²) < 4.78 is 21.8. The monoisotopic (exact) mass is 555 g/mol. The lowest BCUT2D eigenvalue weighted by Gasteiger charge is -2.29. The number of carbonyl (C=O) groups is 2. The van der Waals surface area contributed by atoms with Crippen LogP contribution in [0.15, 0.2) is 70.4 Å². The molecule has 2 aromatic carbocycles. The number of halogens is 1. The minimum atomic E-state index is -0.664. The van der Waals surface area contributed by atoms with Crippen LogP contribution < -0.4 is 9.47 Å². The number of carbonyl (C=O) groups excluding carboxylic acids is 2. The number of aliphatic hydroxyl groups is 1. The van der Waals surface area contributed by atoms with E-state index in [-0.39, 0.29) is 30.6 Å². The van der Waals surface area contributed by atoms with Gasteiger partial charge in [0.15, 0.2) is 11.5 Å². The molecule has 36 heavy (non-hydrogen) atoms. The van der Waals surface area contributed by atoms with Crippen LogP contribution in [0.5, 0.6) is 11.5 Å². The summed E-state index contributed by atoms with van der Waals surface area (Å²) in [5, 5.41) is 9.41. The van der Waals surface area contributed by atoms with Crippen LogP contribution in [0, 0.1) is 0 Å². The maximum absolute atomic E-state index is 12.9. The number of ether oxygens (including phenoxy) is 4. The number of fused-ring (bicyclic) bond motifs is 1. The van der Waals surface area contributed by atoms with Gasteiger partial charge in [0.1, 0.15) is 0 Å². The number of benzene rings is 2. The van der Waals surface area contributed by atoms with Crippen molar-refractivity contribution in [2.24, 2.45) is 0 Å². The van der Waals surface area contributed by atoms with Crippen LogP contribution >= 0.6 is 15.9 Å². The number of hydrogen-bond acceptors (Lipinski definition) is 8. The third-order valence-corrected chi connectivity index (χ3v) is 6.74. The molecular formula is C27H26BrNO7. The number of hydrogen-bond donors (Lipinski definition) is 1. The molecule has 0 saturated heterocycles. The minimum absolute atomic E-state index is 0.0727. The number of esters is 2. The largest absolute Gasteiger partial charge is 0.465 e. The highest BCUT2D eigenvalue weighted by molar-refractivity contribution is 9.10. The normalized spacial score (nSPS) is 16.9. The summed E-state index contributed by atoms with van der Waals surface area (Å²) in [5.41, 5.74) is 3.35. The smallest absolute Gasteiger partial charge is 0.340 e. The first kappa shape index (κ1) is 25.5. The number of allylic oxidation sites excluding steroid dienone is 2. The maximum atomic E-state index is 12.9. The predicted molar refractivity (Wildman–Crippen MR) is 136 cm³/mol. The van der Waals surface area contributed by atoms with Gasteiger partial charge >= 0.3 is 11.9 Å². The predicted octanol–water partition coefficient (Wildman–Crippen LogP) is 4.11. The Kier molecular flexibility index (Phi) is 7.81. The molecule has 1 N–H and O–H groups in total. The average molecular weight is 556 g/mol. The zero-order valence-electron chi connectivity index (χ0n) is 20.1. The first-order valence-electron chi connectivity index (χ1n) is 11.2. The second-order valence-electron chi connectivity index (χ2n) is 8.27. The van der Waals surface area contributed by atoms with E-state index < -0.39 is 11.9 Å². The highest BCUT2D eigenvalue weighted by atomic mass is 79.9. The van der Waals surface area contributed by atoms with Gasteiger partial charge in [-0.1, -0.05) is 46.3 Å². The summed E-state index contributed by atoms with van der Waals surface area (Å²) in [6, 6.07) is 10.9. The SMILES string of the molecule is COC(=O)C1=CC(c2ccc(CO)cc2)=CC(C)N(Cc2cc3c(cc2Br)OCO3)C=C1C(=O)OC. The van der Waals surface area contributed by atoms with Crippen molar-refractivity contribution in [3.63, 3.8) is 0 Å². The number of methoxy groups -OCH3 is 2. The molecule has 2 aliphatic heterocycles. The van der Waals surface area contributed by atoms with Crippen molar-refractivity contribution in [1.29, 1.82) is 0 Å². The highest BCUT2D eigenvalue weighted by Gasteiger charge is 2.28. The van der Waals surface area contributed by atoms with E-state index in [2.05, 4.69) is 15.9 Å². The fourth-order valence-electron chi connectivity index (χ4n) is 3.99. The molecular weight excluding hydrogens is 530 g/mol. The number of rotatable bonds is 6. The van der Waals surface area contributed by atoms with Crippen molar-refractivity contribution in [3.8, 4) is 11.5 Å². The van der Waals surface area contributed by atoms with E-state index in [4.69, 9.17) is 18.9 Å². The maximum Gasteiger partial charge on any atom is 0.340 e. The van der Waals surface area contributed by atoms with E-state index in [0.29, 0.717) is 18.0 Å². The lowest BCUT2D eigenvalue weighted by atomic mass is 9.94. The van der Waals surface area contributed by atoms with Crippen LogP contribution in [0.3, 0.4) is 0 Å². The fraction of sp³-hybridized carbons (Fsp3) is 0.259. The Morgan fingerprint density at radius 1 is 1.06 bits per heavy atom. The van der Waals surface area contributed by atoms with Crippen molar-refractivity contribution in [1.82, 2.24) is 4.90 Å². The molecule has 0 spiro atoms. The fourth-order valence-corrected chi connectivity index (χ4v) is 4.44. The Hall–Kier alpha value is -3.56. The second-order valence-corrected chi connectivity index (χ2v) is 9.13. The van der Waals surface area contributed by atoms with Gasteiger partial charge in [0.2, 0.25) is 6.79 Å². The van der Waals surface area contributed by atoms with Crippen molar-refractivity contribution in [2.45, 2.75) is 26.1 Å². The topological polar surface area (TPSA) is 94.5 Å². The van der Waals surface area contributed by atoms with Crippen LogP contribution in [-0.2, 0) is 32.2 Å². The third kappa shape index (κ3) is 5.32. The molecule has 9 heteroatoms. The molecule has 0 bridgehead atoms. The number of aliphatic hydroxyl groups excluding tert-OH is 1. The molecule has 2 heterocycles. The zero-order chi connectivity index (χ0) is 25.8. The summed E-state index contributed by atoms with van der Waals surface area (Å²) in [4.78, 5) is 27.6. The van der Waals surface area contributed by atoms with E-state index in [9.17, 15) is 14.7 Å². The molecule has 0 saturated carbocycles. The van der Waals surface area contributed by atoms with E-state index in [1.165, 1.54) is 14.2 Å². The number of nitrogens with zero attached hydrogens (tertiary/aromatic N) is 1. The first-order chi connectivity index (χ1) is 17.3. The third-order valence-electron chi connectivity index (χ3n) is 6.00. The Morgan fingerprint density at radius 2 is 1.69 bits per heavy atom. The van der Waals surface area contributed by atoms with Gasteiger partial charge in [0.25, 0.3) is 0 Å². The second kappa shape index (κ2) is 11.0. The van der Waals surface area contributed by atoms with Gasteiger partial charge in [-0.2, -0.15) is 0 Å². The summed E-state index contributed by atoms with van der Waals surface area (Å²) in [5.74, 6) is -0.0317. The molecule has 188 valence electrons. The molecule has 0 amide bonds. The van der Waals surface area contributed by atoms with Gasteiger partial charge in [-0.3, -0.25) is 0 Å². The molecule has 8 nitrogen and oxygen atoms in total. The van der Waals surface area contributed by atoms with Crippen LogP contribution in [0.1, 0.15) is 23.6 Å². The van der Waals surface area contributed by atoms with Gasteiger partial charge in [-0.05, 0) is 47.4 Å². The average Bonchev–Trinajstić information content (AvgIpc) is 3.34. The molecule has 2 aromatic rings. The first-order valence-corrected chi connectivity index (χ1v) is 12.0. The zero-order valence-corrected chi connectivity index (χ0v) is 21.7. The summed E-state index contributed by atoms with van der Waals surface area (Å²) in [6.45, 7) is 2.46. The van der Waals surface area contributed by atoms with E-state index >= 15 is 0 Å². The van der Waals surface area contributed by atoms with E-state index in [0.717, 1.165) is 26.7 Å². The summed E-state index contributed by atoms with van der Waals surface area (Å²) in [7, 11) is 2.53. The summed E-state index contributed by atoms with van der Waals surface area (Å²) >= 11 is 3.60. The van der Waals surface area contributed by atoms with Gasteiger partial charge < -0.3 is 29.0 Å². The van der Waals surface area contributed by atoms with Crippen LogP contribution in [0.25, 0.3) is 5.57 Å². The van der Waals surface area contributed by atoms with Crippen molar-refractivity contribution < 1.29 is 33.6 Å². The van der Waals surface area contributed by atoms with Crippen molar-refractivity contribution >= 4 is 33.4 Å². The lowest BCUT2D eigenvalue weighted by Crippen LogP contribution is -2.30. The van der Waals surface area contributed by atoms with Gasteiger partial charge in [-0.25, -0.2) is 9.59 Å². The van der Waals surface area contributed by atoms with Crippen molar-refractivity contribution in [2.75, 3.05) is 21.0 Å². The van der Waals surface area contributed by atoms with Crippen LogP contribution in [0.4, 0.5) is 0 Å². The molecule has 0 fully saturated rings. The van der Waals surface area contributed by atoms with E-state index in [1.54, 1.807) is 12.3 Å². The van der Waals surface area contributed by atoms with Crippen molar-refractivity contribution in [3.05, 3.63) is 87.1 Å².